The first-order chi connectivity index (χ1) is 51.4. The molecule has 457 valence electrons. The van der Waals surface area contributed by atoms with E-state index in [1.54, 1.807) is 80.6 Å². The molecule has 0 unspecified atom stereocenters. The summed E-state index contributed by atoms with van der Waals surface area (Å²) in [5.74, 6) is 15.5. The number of aryl methyl sites for hydroxylation is 6. The van der Waals surface area contributed by atoms with Gasteiger partial charge in [-0.2, -0.15) is 11.3 Å². The topological polar surface area (TPSA) is 175 Å². The maximum atomic E-state index is 9.08. The molecule has 2 N–H and O–H groups in total. The summed E-state index contributed by atoms with van der Waals surface area (Å²) in [5.41, 5.74) is 4.54. The predicted octanol–water partition coefficient (Wildman–Crippen LogP) is 14.0. The first-order valence-corrected chi connectivity index (χ1v) is 28.7. The second kappa shape index (κ2) is 42.3. The van der Waals surface area contributed by atoms with Gasteiger partial charge in [0.2, 0.25) is 0 Å². The quantitative estimate of drug-likeness (QED) is 0.0742. The Bertz CT molecular complexity index is 5060. The molecule has 8 heterocycles. The molecule has 0 amide bonds. The molecular formula is C71H64B3Ir2N6O5S3-4. The van der Waals surface area contributed by atoms with Crippen molar-refractivity contribution in [2.45, 2.75) is 55.0 Å². The summed E-state index contributed by atoms with van der Waals surface area (Å²) in [6, 6.07) is 44.5. The summed E-state index contributed by atoms with van der Waals surface area (Å²) in [6.07, 6.45) is 5.62. The van der Waals surface area contributed by atoms with E-state index in [2.05, 4.69) is 99.1 Å². The Balaban J connectivity index is 0.000000477. The van der Waals surface area contributed by atoms with E-state index >= 15 is 0 Å². The van der Waals surface area contributed by atoms with Crippen LogP contribution in [0.1, 0.15) is 77.6 Å². The number of benzene rings is 4. The molecule has 8 aromatic heterocycles. The third-order valence-corrected chi connectivity index (χ3v) is 12.6. The van der Waals surface area contributed by atoms with Crippen LogP contribution in [-0.2, 0) is 50.3 Å². The van der Waals surface area contributed by atoms with E-state index in [0.29, 0.717) is 31.7 Å². The normalized spacial score (nSPS) is 13.8. The second-order valence-corrected chi connectivity index (χ2v) is 19.8. The van der Waals surface area contributed by atoms with Crippen LogP contribution >= 0.6 is 22.7 Å². The monoisotopic (exact) mass is 1620 g/mol. The molecule has 19 heteroatoms. The van der Waals surface area contributed by atoms with Crippen LogP contribution < -0.4 is 0 Å². The molecule has 7 radical (unpaired) electrons. The van der Waals surface area contributed by atoms with E-state index in [-0.39, 0.29) is 103 Å². The van der Waals surface area contributed by atoms with Crippen molar-refractivity contribution in [3.63, 3.8) is 0 Å². The van der Waals surface area contributed by atoms with Gasteiger partial charge < -0.3 is 29.7 Å². The molecule has 90 heavy (non-hydrogen) atoms. The molecule has 0 fully saturated rings. The van der Waals surface area contributed by atoms with Crippen molar-refractivity contribution in [3.05, 3.63) is 228 Å². The average molecular weight is 1620 g/mol. The maximum absolute atomic E-state index is 9.08. The maximum Gasteiger partial charge on any atom is 0.124 e. The third-order valence-electron chi connectivity index (χ3n) is 10.4. The molecule has 12 aromatic rings. The first-order valence-electron chi connectivity index (χ1n) is 36.2. The van der Waals surface area contributed by atoms with Crippen LogP contribution in [0, 0.1) is 94.8 Å². The van der Waals surface area contributed by atoms with Crippen molar-refractivity contribution in [2.75, 3.05) is 20.5 Å². The van der Waals surface area contributed by atoms with Crippen LogP contribution in [0.5, 0.6) is 0 Å². The van der Waals surface area contributed by atoms with Crippen LogP contribution in [0.4, 0.5) is 0 Å². The second-order valence-electron chi connectivity index (χ2n) is 16.4. The van der Waals surface area contributed by atoms with Gasteiger partial charge in [0.1, 0.15) is 9.66 Å². The number of fused-ring (bicyclic) bond motifs is 6. The van der Waals surface area contributed by atoms with Crippen LogP contribution in [0.25, 0.3) is 85.6 Å². The standard InChI is InChI=1S/C18H14N2S.C18H13N2S.2C12H10N.C8H6.CH4O3S.2CH4O.B3.2Ir/c2*1-11-6-9-16(19-10-11)15-5-3-4-13-14-8-7-12(2)20-18(14)21-17(13)15;2*1-10-7-8-12(13-9-10)11-5-3-2-4-6-11;1-3-5-7-8-6-4-2;1-5(2,3)4;2*1-2;1-3-2;;/h3-10H,1-2H3;3-4,6-10H,1-2H3;2*2-5,7-9H,1H3;1-2H3;1H3,(H,2,3,4);2*2H,1H3;;;/q;3*-1;;;;;;;/p-1/i2*1D3,2D3,6D,9D;2*1D3;;;;;;;. The van der Waals surface area contributed by atoms with Crippen molar-refractivity contribution in [1.29, 1.82) is 0 Å². The predicted molar refractivity (Wildman–Crippen MR) is 369 cm³/mol. The van der Waals surface area contributed by atoms with Crippen LogP contribution in [0.15, 0.2) is 176 Å². The number of hydrogen-bond donors (Lipinski definition) is 2. The number of aliphatic hydroxyl groups is 2. The van der Waals surface area contributed by atoms with Gasteiger partial charge in [0.05, 0.1) is 21.3 Å². The van der Waals surface area contributed by atoms with E-state index in [4.69, 9.17) is 53.3 Å². The molecule has 0 aliphatic carbocycles. The summed E-state index contributed by atoms with van der Waals surface area (Å²) in [4.78, 5) is 26.2. The minimum atomic E-state index is -3.92. The van der Waals surface area contributed by atoms with Gasteiger partial charge >= 0.3 is 0 Å². The number of nitrogens with zero attached hydrogens (tertiary/aromatic N) is 6. The van der Waals surface area contributed by atoms with Gasteiger partial charge in [0.25, 0.3) is 0 Å². The smallest absolute Gasteiger partial charge is 0.124 e. The molecule has 0 bridgehead atoms. The Hall–Kier alpha value is -7.78. The van der Waals surface area contributed by atoms with Crippen molar-refractivity contribution < 1.29 is 93.6 Å². The number of pyridine rings is 6. The SMILES string of the molecule is CC#CC#CC#CC.CO.CO.CS(=O)(=O)[O-].[2H]C([2H])([2H])c1ccc(-c2[c-]cccc2)nc1.[2H]C([2H])([2H])c1ccc(-c2[c-]cccc2)nc1.[2H]c1c(C([2H])([2H])[2H])cnc(-c2[c-]ccc3c2sc2nc(C([2H])([2H])[2H])ccc23)c1[2H].[2H]c1c(C([2H])([2H])[2H])cnc(-c2cccc3c2sc2nc(C([2H])([2H])[2H])ccc23)c1[2H].[B][B][B].[Ir].[Ir]. The van der Waals surface area contributed by atoms with Crippen molar-refractivity contribution in [2.24, 2.45) is 0 Å². The van der Waals surface area contributed by atoms with Crippen LogP contribution in [0.2, 0.25) is 0 Å². The Labute approximate surface area is 600 Å². The van der Waals surface area contributed by atoms with E-state index in [1.165, 1.54) is 47.2 Å². The summed E-state index contributed by atoms with van der Waals surface area (Å²) in [7, 11) is 8.08. The van der Waals surface area contributed by atoms with Crippen molar-refractivity contribution in [1.82, 2.24) is 29.9 Å². The molecular weight excluding hydrogens is 1530 g/mol. The average Bonchev–Trinajstić information content (AvgIpc) is 1.59. The zero-order valence-electron chi connectivity index (χ0n) is 70.4. The van der Waals surface area contributed by atoms with E-state index in [9.17, 15) is 0 Å². The minimum Gasteiger partial charge on any atom is -0.748 e. The van der Waals surface area contributed by atoms with E-state index in [0.717, 1.165) is 82.4 Å². The summed E-state index contributed by atoms with van der Waals surface area (Å²) < 4.78 is 195. The van der Waals surface area contributed by atoms with Crippen LogP contribution in [-0.4, -0.2) is 96.1 Å². The molecule has 12 rings (SSSR count). The zero-order valence-corrected chi connectivity index (χ0v) is 55.6. The largest absolute Gasteiger partial charge is 0.748 e. The van der Waals surface area contributed by atoms with Crippen molar-refractivity contribution >= 4 is 95.9 Å². The molecule has 0 spiro atoms. The Morgan fingerprint density at radius 3 is 1.39 bits per heavy atom. The number of hydrogen-bond acceptors (Lipinski definition) is 13. The molecule has 0 saturated carbocycles. The Kier molecular flexibility index (Phi) is 23.0. The summed E-state index contributed by atoms with van der Waals surface area (Å²) in [5, 5.41) is 17.2. The summed E-state index contributed by atoms with van der Waals surface area (Å²) in [6.45, 7) is -10.4. The zero-order chi connectivity index (χ0) is 82.9. The van der Waals surface area contributed by atoms with E-state index in [1.807, 2.05) is 48.5 Å². The number of rotatable bonds is 4. The van der Waals surface area contributed by atoms with Gasteiger partial charge in [-0.25, -0.2) is 18.4 Å². The Morgan fingerprint density at radius 1 is 0.511 bits per heavy atom. The van der Waals surface area contributed by atoms with Gasteiger partial charge in [0, 0.05) is 165 Å². The Morgan fingerprint density at radius 2 is 0.956 bits per heavy atom. The van der Waals surface area contributed by atoms with Crippen molar-refractivity contribution in [3.8, 4) is 80.6 Å². The minimum absolute atomic E-state index is 0. The first kappa shape index (κ1) is 49.0. The molecule has 11 nitrogen and oxygen atoms in total. The fourth-order valence-electron chi connectivity index (χ4n) is 6.97. The van der Waals surface area contributed by atoms with Gasteiger partial charge in [-0.3, -0.25) is 4.98 Å². The van der Waals surface area contributed by atoms with Gasteiger partial charge in [0.15, 0.2) is 0 Å². The molecule has 4 aromatic carbocycles. The fraction of sp³-hybridized carbons (Fsp3) is 0.155. The number of thiophene rings is 2. The number of aliphatic hydroxyl groups excluding tert-OH is 2. The van der Waals surface area contributed by atoms with Gasteiger partial charge in [-0.05, 0) is 152 Å². The van der Waals surface area contributed by atoms with E-state index < -0.39 is 57.3 Å². The third kappa shape index (κ3) is 26.0. The van der Waals surface area contributed by atoms with Gasteiger partial charge in [-0.1, -0.05) is 83.9 Å². The fourth-order valence-corrected chi connectivity index (χ4v) is 9.33. The molecule has 0 atom stereocenters. The molecule has 0 aliphatic heterocycles. The number of aromatic nitrogens is 6. The van der Waals surface area contributed by atoms with Crippen LogP contribution in [0.3, 0.4) is 0 Å². The van der Waals surface area contributed by atoms with Gasteiger partial charge in [-0.15, -0.1) is 107 Å². The molecule has 0 saturated heterocycles. The molecule has 0 aliphatic rings. The summed E-state index contributed by atoms with van der Waals surface area (Å²) >= 11 is 2.53.